The van der Waals surface area contributed by atoms with Crippen LogP contribution in [0.3, 0.4) is 0 Å². The Hall–Kier alpha value is -2.13. The van der Waals surface area contributed by atoms with Gasteiger partial charge in [-0.05, 0) is 47.7 Å². The third kappa shape index (κ3) is 2.69. The van der Waals surface area contributed by atoms with E-state index in [1.807, 2.05) is 19.1 Å². The summed E-state index contributed by atoms with van der Waals surface area (Å²) in [4.78, 5) is 7.43. The number of aryl methyl sites for hydroxylation is 1. The van der Waals surface area contributed by atoms with Crippen molar-refractivity contribution in [1.29, 1.82) is 0 Å². The first-order chi connectivity index (χ1) is 10.2. The Morgan fingerprint density at radius 1 is 1.19 bits per heavy atom. The highest BCUT2D eigenvalue weighted by Crippen LogP contribution is 2.31. The van der Waals surface area contributed by atoms with E-state index >= 15 is 0 Å². The minimum atomic E-state index is -0.481. The molecule has 3 heteroatoms. The van der Waals surface area contributed by atoms with Crippen molar-refractivity contribution >= 4 is 11.0 Å². The van der Waals surface area contributed by atoms with Gasteiger partial charge in [0.15, 0.2) is 0 Å². The zero-order valence-electron chi connectivity index (χ0n) is 12.4. The Labute approximate surface area is 124 Å². The van der Waals surface area contributed by atoms with Crippen LogP contribution in [0.15, 0.2) is 42.7 Å². The van der Waals surface area contributed by atoms with E-state index in [-0.39, 0.29) is 0 Å². The van der Waals surface area contributed by atoms with Crippen LogP contribution in [0.2, 0.25) is 0 Å². The molecule has 3 aromatic rings. The number of benzene rings is 2. The molecule has 0 amide bonds. The summed E-state index contributed by atoms with van der Waals surface area (Å²) < 4.78 is 0. The van der Waals surface area contributed by atoms with Crippen LogP contribution in [0.4, 0.5) is 0 Å². The third-order valence-electron chi connectivity index (χ3n) is 3.84. The summed E-state index contributed by atoms with van der Waals surface area (Å²) in [6.07, 6.45) is 3.40. The molecule has 0 saturated carbocycles. The van der Waals surface area contributed by atoms with Crippen LogP contribution >= 0.6 is 0 Å². The minimum Gasteiger partial charge on any atom is -0.389 e. The molecular formula is C18H20N2O. The Morgan fingerprint density at radius 3 is 2.81 bits per heavy atom. The first kappa shape index (κ1) is 13.8. The summed E-state index contributed by atoms with van der Waals surface area (Å²) >= 11 is 0. The largest absolute Gasteiger partial charge is 0.389 e. The number of hydrogen-bond donors (Lipinski definition) is 2. The van der Waals surface area contributed by atoms with Gasteiger partial charge in [0.25, 0.3) is 0 Å². The minimum absolute atomic E-state index is 0.481. The molecule has 3 rings (SSSR count). The van der Waals surface area contributed by atoms with Gasteiger partial charge < -0.3 is 10.1 Å². The summed E-state index contributed by atoms with van der Waals surface area (Å²) in [5.41, 5.74) is 6.44. The van der Waals surface area contributed by atoms with E-state index in [0.29, 0.717) is 0 Å². The third-order valence-corrected chi connectivity index (χ3v) is 3.84. The zero-order valence-corrected chi connectivity index (χ0v) is 12.4. The molecule has 0 saturated heterocycles. The van der Waals surface area contributed by atoms with Gasteiger partial charge in [-0.25, -0.2) is 4.98 Å². The molecule has 21 heavy (non-hydrogen) atoms. The first-order valence-corrected chi connectivity index (χ1v) is 7.43. The summed E-state index contributed by atoms with van der Waals surface area (Å²) in [7, 11) is 0. The molecular weight excluding hydrogens is 260 g/mol. The summed E-state index contributed by atoms with van der Waals surface area (Å²) in [6.45, 7) is 3.99. The van der Waals surface area contributed by atoms with Gasteiger partial charge in [0.05, 0.1) is 23.5 Å². The maximum atomic E-state index is 10.0. The molecule has 0 spiro atoms. The fraction of sp³-hybridized carbons (Fsp3) is 0.278. The van der Waals surface area contributed by atoms with Crippen molar-refractivity contribution in [3.63, 3.8) is 0 Å². The highest BCUT2D eigenvalue weighted by atomic mass is 16.3. The van der Waals surface area contributed by atoms with Crippen molar-refractivity contribution in [1.82, 2.24) is 9.97 Å². The van der Waals surface area contributed by atoms with E-state index in [1.165, 1.54) is 5.56 Å². The summed E-state index contributed by atoms with van der Waals surface area (Å²) in [6, 6.07) is 12.5. The van der Waals surface area contributed by atoms with E-state index in [1.54, 1.807) is 6.33 Å². The maximum Gasteiger partial charge on any atom is 0.0931 e. The van der Waals surface area contributed by atoms with Gasteiger partial charge in [0.2, 0.25) is 0 Å². The smallest absolute Gasteiger partial charge is 0.0931 e. The molecule has 0 aliphatic heterocycles. The number of aromatic nitrogens is 2. The van der Waals surface area contributed by atoms with Gasteiger partial charge >= 0.3 is 0 Å². The van der Waals surface area contributed by atoms with Crippen LogP contribution in [0.5, 0.6) is 0 Å². The molecule has 0 aliphatic rings. The summed E-state index contributed by atoms with van der Waals surface area (Å²) in [5.74, 6) is 0. The SMILES string of the molecule is CCCc1ccc(C(C)O)c(-c2ccc3[nH]cnc3c2)c1. The standard InChI is InChI=1S/C18H20N2O/c1-3-4-13-5-7-15(12(2)21)16(9-13)14-6-8-17-18(10-14)20-11-19-17/h5-12,21H,3-4H2,1-2H3,(H,19,20). The van der Waals surface area contributed by atoms with Gasteiger partial charge in [-0.1, -0.05) is 37.6 Å². The van der Waals surface area contributed by atoms with Crippen molar-refractivity contribution < 1.29 is 5.11 Å². The van der Waals surface area contributed by atoms with Gasteiger partial charge in [0, 0.05) is 0 Å². The first-order valence-electron chi connectivity index (χ1n) is 7.43. The lowest BCUT2D eigenvalue weighted by Gasteiger charge is -2.14. The maximum absolute atomic E-state index is 10.0. The highest BCUT2D eigenvalue weighted by molar-refractivity contribution is 5.82. The highest BCUT2D eigenvalue weighted by Gasteiger charge is 2.11. The Bertz CT molecular complexity index is 759. The average molecular weight is 280 g/mol. The lowest BCUT2D eigenvalue weighted by Crippen LogP contribution is -1.97. The average Bonchev–Trinajstić information content (AvgIpc) is 2.94. The molecule has 1 aromatic heterocycles. The number of hydrogen-bond acceptors (Lipinski definition) is 2. The fourth-order valence-electron chi connectivity index (χ4n) is 2.76. The second kappa shape index (κ2) is 5.70. The van der Waals surface area contributed by atoms with Gasteiger partial charge in [0.1, 0.15) is 0 Å². The number of rotatable bonds is 4. The number of nitrogens with one attached hydrogen (secondary N) is 1. The van der Waals surface area contributed by atoms with Gasteiger partial charge in [-0.3, -0.25) is 0 Å². The van der Waals surface area contributed by atoms with E-state index in [9.17, 15) is 5.11 Å². The number of aliphatic hydroxyl groups excluding tert-OH is 1. The lowest BCUT2D eigenvalue weighted by molar-refractivity contribution is 0.200. The number of H-pyrrole nitrogens is 1. The normalized spacial score (nSPS) is 12.7. The number of fused-ring (bicyclic) bond motifs is 1. The van der Waals surface area contributed by atoms with Crippen molar-refractivity contribution in [3.8, 4) is 11.1 Å². The van der Waals surface area contributed by atoms with Crippen LogP contribution in [-0.4, -0.2) is 15.1 Å². The Kier molecular flexibility index (Phi) is 3.76. The quantitative estimate of drug-likeness (QED) is 0.751. The van der Waals surface area contributed by atoms with Crippen molar-refractivity contribution in [2.24, 2.45) is 0 Å². The predicted octanol–water partition coefficient (Wildman–Crippen LogP) is 4.24. The molecule has 2 N–H and O–H groups in total. The molecule has 0 fully saturated rings. The topological polar surface area (TPSA) is 48.9 Å². The van der Waals surface area contributed by atoms with E-state index < -0.39 is 6.10 Å². The van der Waals surface area contributed by atoms with Crippen LogP contribution in [0.25, 0.3) is 22.2 Å². The van der Waals surface area contributed by atoms with Crippen molar-refractivity contribution in [2.45, 2.75) is 32.8 Å². The monoisotopic (exact) mass is 280 g/mol. The van der Waals surface area contributed by atoms with Gasteiger partial charge in [-0.2, -0.15) is 0 Å². The molecule has 0 radical (unpaired) electrons. The van der Waals surface area contributed by atoms with Crippen LogP contribution in [0.1, 0.15) is 37.5 Å². The molecule has 0 bridgehead atoms. The van der Waals surface area contributed by atoms with E-state index in [2.05, 4.69) is 41.2 Å². The molecule has 0 aliphatic carbocycles. The summed E-state index contributed by atoms with van der Waals surface area (Å²) in [5, 5.41) is 10.0. The van der Waals surface area contributed by atoms with Crippen molar-refractivity contribution in [3.05, 3.63) is 53.9 Å². The van der Waals surface area contributed by atoms with Gasteiger partial charge in [-0.15, -0.1) is 0 Å². The number of aromatic amines is 1. The number of nitrogens with zero attached hydrogens (tertiary/aromatic N) is 1. The van der Waals surface area contributed by atoms with E-state index in [4.69, 9.17) is 0 Å². The second-order valence-electron chi connectivity index (χ2n) is 5.48. The number of imidazole rings is 1. The predicted molar refractivity (Wildman–Crippen MR) is 86.2 cm³/mol. The molecule has 108 valence electrons. The molecule has 1 heterocycles. The fourth-order valence-corrected chi connectivity index (χ4v) is 2.76. The van der Waals surface area contributed by atoms with Crippen molar-refractivity contribution in [2.75, 3.05) is 0 Å². The molecule has 1 atom stereocenters. The Morgan fingerprint density at radius 2 is 2.05 bits per heavy atom. The van der Waals surface area contributed by atoms with Crippen LogP contribution < -0.4 is 0 Å². The molecule has 3 nitrogen and oxygen atoms in total. The van der Waals surface area contributed by atoms with E-state index in [0.717, 1.165) is 40.6 Å². The second-order valence-corrected chi connectivity index (χ2v) is 5.48. The Balaban J connectivity index is 2.15. The van der Waals surface area contributed by atoms with Crippen LogP contribution in [0, 0.1) is 0 Å². The molecule has 2 aromatic carbocycles. The zero-order chi connectivity index (χ0) is 14.8. The lowest BCUT2D eigenvalue weighted by atomic mass is 9.93. The number of aliphatic hydroxyl groups is 1. The van der Waals surface area contributed by atoms with Crippen LogP contribution in [-0.2, 0) is 6.42 Å². The molecule has 1 unspecified atom stereocenters.